The molecule has 10 heteroatoms. The number of carbonyl (C=O) groups excluding carboxylic acids is 3. The number of nitrogens with zero attached hydrogens (tertiary/aromatic N) is 1. The molecule has 31 heavy (non-hydrogen) atoms. The van der Waals surface area contributed by atoms with Crippen LogP contribution in [0.5, 0.6) is 17.2 Å². The van der Waals surface area contributed by atoms with Gasteiger partial charge in [0.2, 0.25) is 6.79 Å². The van der Waals surface area contributed by atoms with Crippen LogP contribution in [-0.2, 0) is 14.2 Å². The molecule has 0 bridgehead atoms. The molecular formula is C21H21NO9. The van der Waals surface area contributed by atoms with Crippen molar-refractivity contribution in [3.05, 3.63) is 34.1 Å². The van der Waals surface area contributed by atoms with Crippen LogP contribution in [0, 0.1) is 13.8 Å². The van der Waals surface area contributed by atoms with Crippen molar-refractivity contribution in [3.8, 4) is 28.4 Å². The summed E-state index contributed by atoms with van der Waals surface area (Å²) >= 11 is 0. The average Bonchev–Trinajstić information content (AvgIpc) is 3.23. The molecule has 3 rings (SSSR count). The van der Waals surface area contributed by atoms with Crippen LogP contribution in [0.3, 0.4) is 0 Å². The molecule has 0 fully saturated rings. The second kappa shape index (κ2) is 8.50. The molecule has 2 heterocycles. The highest BCUT2D eigenvalue weighted by Crippen LogP contribution is 2.49. The minimum absolute atomic E-state index is 0.0316. The Bertz CT molecular complexity index is 1050. The van der Waals surface area contributed by atoms with Crippen molar-refractivity contribution in [2.45, 2.75) is 13.8 Å². The molecular weight excluding hydrogens is 410 g/mol. The first-order valence-corrected chi connectivity index (χ1v) is 9.07. The molecule has 0 unspecified atom stereocenters. The number of aryl methyl sites for hydroxylation is 2. The molecule has 10 nitrogen and oxygen atoms in total. The number of rotatable bonds is 5. The molecule has 0 aliphatic carbocycles. The van der Waals surface area contributed by atoms with Crippen LogP contribution in [0.25, 0.3) is 11.1 Å². The second-order valence-electron chi connectivity index (χ2n) is 6.44. The Kier molecular flexibility index (Phi) is 6.00. The van der Waals surface area contributed by atoms with Crippen molar-refractivity contribution in [2.24, 2.45) is 0 Å². The van der Waals surface area contributed by atoms with Crippen LogP contribution in [0.1, 0.15) is 42.5 Å². The van der Waals surface area contributed by atoms with Crippen LogP contribution < -0.4 is 14.2 Å². The molecule has 1 aliphatic heterocycles. The van der Waals surface area contributed by atoms with Crippen LogP contribution in [-0.4, -0.2) is 58.1 Å². The van der Waals surface area contributed by atoms with Crippen molar-refractivity contribution < 1.29 is 42.8 Å². The fourth-order valence-electron chi connectivity index (χ4n) is 3.53. The van der Waals surface area contributed by atoms with Gasteiger partial charge < -0.3 is 28.4 Å². The summed E-state index contributed by atoms with van der Waals surface area (Å²) in [4.78, 5) is 42.7. The number of ether oxygens (including phenoxy) is 6. The van der Waals surface area contributed by atoms with E-state index in [0.29, 0.717) is 0 Å². The summed E-state index contributed by atoms with van der Waals surface area (Å²) in [5, 5.41) is 0. The van der Waals surface area contributed by atoms with E-state index in [1.807, 2.05) is 0 Å². The summed E-state index contributed by atoms with van der Waals surface area (Å²) in [5.74, 6) is -1.81. The van der Waals surface area contributed by atoms with Gasteiger partial charge in [-0.25, -0.2) is 14.4 Å². The first-order valence-electron chi connectivity index (χ1n) is 9.07. The fourth-order valence-corrected chi connectivity index (χ4v) is 3.53. The highest BCUT2D eigenvalue weighted by molar-refractivity contribution is 6.12. The third kappa shape index (κ3) is 3.49. The highest BCUT2D eigenvalue weighted by Gasteiger charge is 2.36. The summed E-state index contributed by atoms with van der Waals surface area (Å²) in [7, 11) is 4.96. The monoisotopic (exact) mass is 431 g/mol. The quantitative estimate of drug-likeness (QED) is 0.516. The molecule has 1 aromatic carbocycles. The summed E-state index contributed by atoms with van der Waals surface area (Å²) in [6.45, 7) is 3.04. The lowest BCUT2D eigenvalue weighted by molar-refractivity contribution is 0.0580. The van der Waals surface area contributed by atoms with Gasteiger partial charge in [0, 0.05) is 17.2 Å². The summed E-state index contributed by atoms with van der Waals surface area (Å²) < 4.78 is 31.2. The second-order valence-corrected chi connectivity index (χ2v) is 6.44. The lowest BCUT2D eigenvalue weighted by Gasteiger charge is -2.21. The van der Waals surface area contributed by atoms with Crippen LogP contribution in [0.15, 0.2) is 6.07 Å². The van der Waals surface area contributed by atoms with Gasteiger partial charge in [0.05, 0.1) is 51.0 Å². The smallest absolute Gasteiger partial charge is 0.342 e. The van der Waals surface area contributed by atoms with E-state index in [9.17, 15) is 14.4 Å². The Hall–Kier alpha value is -3.82. The zero-order chi connectivity index (χ0) is 22.9. The Balaban J connectivity index is 2.60. The predicted octanol–water partition coefficient (Wildman–Crippen LogP) is 2.46. The van der Waals surface area contributed by atoms with Crippen LogP contribution in [0.2, 0.25) is 0 Å². The third-order valence-electron chi connectivity index (χ3n) is 4.82. The van der Waals surface area contributed by atoms with Gasteiger partial charge in [-0.2, -0.15) is 0 Å². The maximum absolute atomic E-state index is 12.8. The number of benzene rings is 1. The highest BCUT2D eigenvalue weighted by atomic mass is 16.7. The van der Waals surface area contributed by atoms with Crippen molar-refractivity contribution in [3.63, 3.8) is 0 Å². The molecule has 0 atom stereocenters. The van der Waals surface area contributed by atoms with E-state index in [-0.39, 0.29) is 63.2 Å². The fraction of sp³-hybridized carbons (Fsp3) is 0.333. The van der Waals surface area contributed by atoms with Gasteiger partial charge in [0.1, 0.15) is 11.3 Å². The molecule has 0 radical (unpaired) electrons. The van der Waals surface area contributed by atoms with Gasteiger partial charge in [-0.05, 0) is 13.8 Å². The maximum atomic E-state index is 12.8. The lowest BCUT2D eigenvalue weighted by atomic mass is 9.88. The number of hydrogen-bond donors (Lipinski definition) is 0. The van der Waals surface area contributed by atoms with E-state index in [2.05, 4.69) is 4.98 Å². The number of carbonyl (C=O) groups is 3. The predicted molar refractivity (Wildman–Crippen MR) is 106 cm³/mol. The van der Waals surface area contributed by atoms with Gasteiger partial charge in [0.15, 0.2) is 11.5 Å². The molecule has 0 amide bonds. The first kappa shape index (κ1) is 21.9. The Morgan fingerprint density at radius 1 is 0.806 bits per heavy atom. The molecule has 1 aromatic heterocycles. The molecule has 0 spiro atoms. The number of hydrogen-bond acceptors (Lipinski definition) is 10. The molecule has 0 saturated heterocycles. The van der Waals surface area contributed by atoms with Crippen molar-refractivity contribution in [1.82, 2.24) is 4.98 Å². The van der Waals surface area contributed by atoms with E-state index in [4.69, 9.17) is 28.4 Å². The lowest BCUT2D eigenvalue weighted by Crippen LogP contribution is -2.18. The van der Waals surface area contributed by atoms with E-state index in [1.54, 1.807) is 13.8 Å². The Morgan fingerprint density at radius 2 is 1.32 bits per heavy atom. The van der Waals surface area contributed by atoms with Gasteiger partial charge in [-0.1, -0.05) is 0 Å². The van der Waals surface area contributed by atoms with Crippen molar-refractivity contribution >= 4 is 17.9 Å². The Labute approximate surface area is 178 Å². The number of methoxy groups -OCH3 is 4. The van der Waals surface area contributed by atoms with Gasteiger partial charge >= 0.3 is 17.9 Å². The first-order chi connectivity index (χ1) is 14.8. The van der Waals surface area contributed by atoms with E-state index < -0.39 is 17.9 Å². The average molecular weight is 431 g/mol. The van der Waals surface area contributed by atoms with Crippen LogP contribution in [0.4, 0.5) is 0 Å². The zero-order valence-corrected chi connectivity index (χ0v) is 17.9. The topological polar surface area (TPSA) is 119 Å². The summed E-state index contributed by atoms with van der Waals surface area (Å²) in [6.07, 6.45) is 0. The maximum Gasteiger partial charge on any atom is 0.342 e. The largest absolute Gasteiger partial charge is 0.496 e. The van der Waals surface area contributed by atoms with Crippen molar-refractivity contribution in [2.75, 3.05) is 35.2 Å². The standard InChI is InChI=1S/C21H21NO9/c1-9-13(19(23)27-4)16(14(10(2)22-9)20(24)28-5)15-11(26-3)7-12-18(31-8-30-12)17(15)21(25)29-6/h7H,8H2,1-6H3. The van der Waals surface area contributed by atoms with E-state index >= 15 is 0 Å². The summed E-state index contributed by atoms with van der Waals surface area (Å²) in [6, 6.07) is 1.50. The zero-order valence-electron chi connectivity index (χ0n) is 17.9. The minimum Gasteiger partial charge on any atom is -0.496 e. The van der Waals surface area contributed by atoms with Gasteiger partial charge in [-0.15, -0.1) is 0 Å². The number of fused-ring (bicyclic) bond motifs is 1. The van der Waals surface area contributed by atoms with Gasteiger partial charge in [-0.3, -0.25) is 4.98 Å². The SMILES string of the molecule is COC(=O)c1c2c(cc(OC)c1-c1c(C(=O)OC)c(C)nc(C)c1C(=O)OC)OCO2. The van der Waals surface area contributed by atoms with Gasteiger partial charge in [0.25, 0.3) is 0 Å². The molecule has 1 aliphatic rings. The molecule has 0 N–H and O–H groups in total. The number of pyridine rings is 1. The molecule has 164 valence electrons. The third-order valence-corrected chi connectivity index (χ3v) is 4.82. The van der Waals surface area contributed by atoms with Crippen molar-refractivity contribution in [1.29, 1.82) is 0 Å². The molecule has 2 aromatic rings. The normalized spacial score (nSPS) is 11.7. The number of esters is 3. The van der Waals surface area contributed by atoms with Crippen LogP contribution >= 0.6 is 0 Å². The summed E-state index contributed by atoms with van der Waals surface area (Å²) in [5.41, 5.74) is 0.568. The van der Waals surface area contributed by atoms with E-state index in [1.165, 1.54) is 34.5 Å². The minimum atomic E-state index is -0.783. The molecule has 0 saturated carbocycles. The Morgan fingerprint density at radius 3 is 1.81 bits per heavy atom. The van der Waals surface area contributed by atoms with E-state index in [0.717, 1.165) is 0 Å². The number of aromatic nitrogens is 1.